The fourth-order valence-electron chi connectivity index (χ4n) is 2.89. The number of aryl methyl sites for hydroxylation is 1. The molecule has 1 atom stereocenters. The Morgan fingerprint density at radius 3 is 2.32 bits per heavy atom. The standard InChI is InChI=1S/C23H25N3O5/c1-16-5-7-17(8-6-16)18-13-24-25(14-18)15-21(23(2,3)4)31-22(27)30-20-11-9-19(10-12-20)26(28)29/h5-14,21H,15H2,1-4H3/t21-/m1/s1. The molecule has 162 valence electrons. The number of nitro benzene ring substituents is 1. The lowest BCUT2D eigenvalue weighted by Crippen LogP contribution is -2.36. The molecule has 2 aromatic carbocycles. The van der Waals surface area contributed by atoms with Crippen molar-refractivity contribution in [1.82, 2.24) is 9.78 Å². The summed E-state index contributed by atoms with van der Waals surface area (Å²) in [6.45, 7) is 8.27. The molecule has 0 unspecified atom stereocenters. The van der Waals surface area contributed by atoms with E-state index in [2.05, 4.69) is 5.10 Å². The third-order valence-electron chi connectivity index (χ3n) is 4.82. The van der Waals surface area contributed by atoms with Gasteiger partial charge in [-0.15, -0.1) is 0 Å². The largest absolute Gasteiger partial charge is 0.514 e. The molecular formula is C23H25N3O5. The summed E-state index contributed by atoms with van der Waals surface area (Å²) < 4.78 is 12.5. The second kappa shape index (κ2) is 8.99. The van der Waals surface area contributed by atoms with Crippen molar-refractivity contribution in [2.75, 3.05) is 0 Å². The number of nitrogens with zero attached hydrogens (tertiary/aromatic N) is 3. The van der Waals surface area contributed by atoms with Crippen LogP contribution < -0.4 is 4.74 Å². The molecule has 0 aliphatic rings. The molecular weight excluding hydrogens is 398 g/mol. The zero-order valence-corrected chi connectivity index (χ0v) is 17.9. The van der Waals surface area contributed by atoms with Crippen LogP contribution in [-0.2, 0) is 11.3 Å². The summed E-state index contributed by atoms with van der Waals surface area (Å²) in [5.74, 6) is 0.170. The van der Waals surface area contributed by atoms with E-state index in [-0.39, 0.29) is 16.9 Å². The van der Waals surface area contributed by atoms with Gasteiger partial charge in [0.2, 0.25) is 0 Å². The van der Waals surface area contributed by atoms with Gasteiger partial charge in [0.25, 0.3) is 5.69 Å². The van der Waals surface area contributed by atoms with Crippen LogP contribution in [0.3, 0.4) is 0 Å². The molecule has 0 saturated heterocycles. The monoisotopic (exact) mass is 423 g/mol. The molecule has 0 radical (unpaired) electrons. The highest BCUT2D eigenvalue weighted by atomic mass is 16.7. The van der Waals surface area contributed by atoms with E-state index in [4.69, 9.17) is 9.47 Å². The first-order valence-corrected chi connectivity index (χ1v) is 9.84. The minimum absolute atomic E-state index is 0.0867. The number of hydrogen-bond acceptors (Lipinski definition) is 6. The molecule has 8 nitrogen and oxygen atoms in total. The Labute approximate surface area is 180 Å². The molecule has 0 aliphatic carbocycles. The smallest absolute Gasteiger partial charge is 0.428 e. The summed E-state index contributed by atoms with van der Waals surface area (Å²) in [6.07, 6.45) is 2.30. The number of carbonyl (C=O) groups excluding carboxylic acids is 1. The maximum atomic E-state index is 12.3. The summed E-state index contributed by atoms with van der Waals surface area (Å²) in [6, 6.07) is 13.4. The zero-order chi connectivity index (χ0) is 22.6. The summed E-state index contributed by atoms with van der Waals surface area (Å²) in [5.41, 5.74) is 2.76. The summed E-state index contributed by atoms with van der Waals surface area (Å²) in [4.78, 5) is 22.5. The van der Waals surface area contributed by atoms with Crippen molar-refractivity contribution in [3.8, 4) is 16.9 Å². The van der Waals surface area contributed by atoms with Gasteiger partial charge in [-0.25, -0.2) is 4.79 Å². The van der Waals surface area contributed by atoms with E-state index in [1.165, 1.54) is 29.8 Å². The second-order valence-corrected chi connectivity index (χ2v) is 8.39. The van der Waals surface area contributed by atoms with E-state index in [0.29, 0.717) is 6.54 Å². The number of rotatable bonds is 6. The third kappa shape index (κ3) is 5.91. The van der Waals surface area contributed by atoms with Crippen LogP contribution in [0, 0.1) is 22.5 Å². The van der Waals surface area contributed by atoms with Gasteiger partial charge in [-0.05, 0) is 24.6 Å². The van der Waals surface area contributed by atoms with Crippen LogP contribution in [0.15, 0.2) is 60.9 Å². The Morgan fingerprint density at radius 2 is 1.74 bits per heavy atom. The normalized spacial score (nSPS) is 12.3. The van der Waals surface area contributed by atoms with Gasteiger partial charge in [0.15, 0.2) is 0 Å². The van der Waals surface area contributed by atoms with Crippen molar-refractivity contribution >= 4 is 11.8 Å². The molecule has 1 heterocycles. The summed E-state index contributed by atoms with van der Waals surface area (Å²) in [7, 11) is 0. The van der Waals surface area contributed by atoms with Crippen LogP contribution in [0.4, 0.5) is 10.5 Å². The van der Waals surface area contributed by atoms with E-state index in [9.17, 15) is 14.9 Å². The molecule has 0 amide bonds. The number of benzene rings is 2. The minimum atomic E-state index is -0.875. The highest BCUT2D eigenvalue weighted by Gasteiger charge is 2.30. The van der Waals surface area contributed by atoms with E-state index in [1.807, 2.05) is 58.2 Å². The quantitative estimate of drug-likeness (QED) is 0.228. The molecule has 3 rings (SSSR count). The zero-order valence-electron chi connectivity index (χ0n) is 17.9. The van der Waals surface area contributed by atoms with Crippen molar-refractivity contribution in [2.24, 2.45) is 5.41 Å². The average Bonchev–Trinajstić information content (AvgIpc) is 3.16. The topological polar surface area (TPSA) is 96.5 Å². The first kappa shape index (κ1) is 22.0. The third-order valence-corrected chi connectivity index (χ3v) is 4.82. The van der Waals surface area contributed by atoms with Crippen molar-refractivity contribution < 1.29 is 19.2 Å². The van der Waals surface area contributed by atoms with Gasteiger partial charge < -0.3 is 9.47 Å². The highest BCUT2D eigenvalue weighted by Crippen LogP contribution is 2.26. The van der Waals surface area contributed by atoms with Crippen molar-refractivity contribution in [3.05, 3.63) is 76.6 Å². The molecule has 8 heteroatoms. The SMILES string of the molecule is Cc1ccc(-c2cnn(C[C@@H](OC(=O)Oc3ccc([N+](=O)[O-])cc3)C(C)(C)C)c2)cc1. The average molecular weight is 423 g/mol. The molecule has 0 saturated carbocycles. The predicted octanol–water partition coefficient (Wildman–Crippen LogP) is 5.40. The fourth-order valence-corrected chi connectivity index (χ4v) is 2.89. The lowest BCUT2D eigenvalue weighted by Gasteiger charge is -2.29. The summed E-state index contributed by atoms with van der Waals surface area (Å²) >= 11 is 0. The number of ether oxygens (including phenoxy) is 2. The van der Waals surface area contributed by atoms with Crippen molar-refractivity contribution in [3.63, 3.8) is 0 Å². The molecule has 0 fully saturated rings. The van der Waals surface area contributed by atoms with E-state index >= 15 is 0 Å². The van der Waals surface area contributed by atoms with Crippen molar-refractivity contribution in [1.29, 1.82) is 0 Å². The number of nitro groups is 1. The molecule has 0 spiro atoms. The first-order valence-electron chi connectivity index (χ1n) is 9.84. The predicted molar refractivity (Wildman–Crippen MR) is 116 cm³/mol. The maximum Gasteiger partial charge on any atom is 0.514 e. The summed E-state index contributed by atoms with van der Waals surface area (Å²) in [5, 5.41) is 15.1. The Kier molecular flexibility index (Phi) is 6.39. The number of hydrogen-bond donors (Lipinski definition) is 0. The van der Waals surface area contributed by atoms with Gasteiger partial charge >= 0.3 is 6.16 Å². The van der Waals surface area contributed by atoms with Crippen LogP contribution in [0.25, 0.3) is 11.1 Å². The van der Waals surface area contributed by atoms with Gasteiger partial charge in [-0.1, -0.05) is 50.6 Å². The highest BCUT2D eigenvalue weighted by molar-refractivity contribution is 5.64. The minimum Gasteiger partial charge on any atom is -0.428 e. The Balaban J connectivity index is 1.67. The van der Waals surface area contributed by atoms with E-state index in [1.54, 1.807) is 10.9 Å². The van der Waals surface area contributed by atoms with Gasteiger partial charge in [0.1, 0.15) is 11.9 Å². The van der Waals surface area contributed by atoms with E-state index in [0.717, 1.165) is 11.1 Å². The Hall–Kier alpha value is -3.68. The second-order valence-electron chi connectivity index (χ2n) is 8.39. The van der Waals surface area contributed by atoms with Crippen LogP contribution >= 0.6 is 0 Å². The van der Waals surface area contributed by atoms with Crippen LogP contribution in [0.2, 0.25) is 0 Å². The first-order chi connectivity index (χ1) is 14.6. The van der Waals surface area contributed by atoms with E-state index < -0.39 is 17.2 Å². The molecule has 0 bridgehead atoms. The van der Waals surface area contributed by atoms with Gasteiger partial charge in [0, 0.05) is 29.3 Å². The van der Waals surface area contributed by atoms with Gasteiger partial charge in [-0.2, -0.15) is 5.10 Å². The van der Waals surface area contributed by atoms with Crippen LogP contribution in [0.1, 0.15) is 26.3 Å². The Morgan fingerprint density at radius 1 is 1.10 bits per heavy atom. The number of carbonyl (C=O) groups is 1. The lowest BCUT2D eigenvalue weighted by molar-refractivity contribution is -0.384. The fraction of sp³-hybridized carbons (Fsp3) is 0.304. The molecule has 31 heavy (non-hydrogen) atoms. The van der Waals surface area contributed by atoms with Crippen molar-refractivity contribution in [2.45, 2.75) is 40.3 Å². The van der Waals surface area contributed by atoms with Crippen LogP contribution in [-0.4, -0.2) is 27.0 Å². The van der Waals surface area contributed by atoms with Gasteiger partial charge in [0.05, 0.1) is 17.7 Å². The number of non-ortho nitro benzene ring substituents is 1. The molecule has 3 aromatic rings. The van der Waals surface area contributed by atoms with Crippen LogP contribution in [0.5, 0.6) is 5.75 Å². The molecule has 0 N–H and O–H groups in total. The Bertz CT molecular complexity index is 1050. The lowest BCUT2D eigenvalue weighted by atomic mass is 9.89. The maximum absolute atomic E-state index is 12.3. The molecule has 0 aliphatic heterocycles. The number of aromatic nitrogens is 2. The molecule has 1 aromatic heterocycles. The van der Waals surface area contributed by atoms with Gasteiger partial charge in [-0.3, -0.25) is 14.8 Å².